The summed E-state index contributed by atoms with van der Waals surface area (Å²) in [7, 11) is 0. The van der Waals surface area contributed by atoms with Crippen LogP contribution in [0.4, 0.5) is 4.39 Å². The van der Waals surface area contributed by atoms with Gasteiger partial charge in [-0.3, -0.25) is 4.98 Å². The van der Waals surface area contributed by atoms with Gasteiger partial charge in [0.1, 0.15) is 5.82 Å². The molecule has 0 amide bonds. The highest BCUT2D eigenvalue weighted by Gasteiger charge is 2.04. The van der Waals surface area contributed by atoms with Crippen LogP contribution in [-0.2, 0) is 25.8 Å². The van der Waals surface area contributed by atoms with Gasteiger partial charge in [0, 0.05) is 18.4 Å². The lowest BCUT2D eigenvalue weighted by Crippen LogP contribution is -2.18. The van der Waals surface area contributed by atoms with Crippen LogP contribution in [0.1, 0.15) is 41.8 Å². The summed E-state index contributed by atoms with van der Waals surface area (Å²) >= 11 is 0. The average molecular weight is 300 g/mol. The van der Waals surface area contributed by atoms with E-state index in [1.165, 1.54) is 16.8 Å². The zero-order valence-electron chi connectivity index (χ0n) is 13.7. The molecule has 0 aliphatic heterocycles. The molecule has 0 aliphatic rings. The van der Waals surface area contributed by atoms with Gasteiger partial charge in [-0.25, -0.2) is 4.39 Å². The summed E-state index contributed by atoms with van der Waals surface area (Å²) in [6, 6.07) is 7.43. The molecule has 0 saturated carbocycles. The molecule has 0 atom stereocenters. The van der Waals surface area contributed by atoms with Gasteiger partial charge in [-0.05, 0) is 67.1 Å². The SMILES string of the molecule is CCc1cnc(CC)c(CCNCc2cc(C)cc(F)c2)c1. The topological polar surface area (TPSA) is 24.9 Å². The maximum atomic E-state index is 13.3. The molecule has 2 nitrogen and oxygen atoms in total. The van der Waals surface area contributed by atoms with Crippen LogP contribution in [0.5, 0.6) is 0 Å². The minimum absolute atomic E-state index is 0.162. The lowest BCUT2D eigenvalue weighted by Gasteiger charge is -2.10. The first-order valence-electron chi connectivity index (χ1n) is 8.05. The maximum absolute atomic E-state index is 13.3. The van der Waals surface area contributed by atoms with Gasteiger partial charge in [0.15, 0.2) is 0 Å². The highest BCUT2D eigenvalue weighted by Crippen LogP contribution is 2.12. The second-order valence-electron chi connectivity index (χ2n) is 5.72. The van der Waals surface area contributed by atoms with Gasteiger partial charge in [0.2, 0.25) is 0 Å². The van der Waals surface area contributed by atoms with Crippen molar-refractivity contribution in [3.8, 4) is 0 Å². The van der Waals surface area contributed by atoms with Crippen LogP contribution in [0.25, 0.3) is 0 Å². The molecule has 2 rings (SSSR count). The Kier molecular flexibility index (Phi) is 6.08. The first-order chi connectivity index (χ1) is 10.6. The Bertz CT molecular complexity index is 603. The fourth-order valence-electron chi connectivity index (χ4n) is 2.69. The van der Waals surface area contributed by atoms with Gasteiger partial charge in [-0.2, -0.15) is 0 Å². The number of pyridine rings is 1. The van der Waals surface area contributed by atoms with Crippen molar-refractivity contribution in [2.24, 2.45) is 0 Å². The number of aromatic nitrogens is 1. The Morgan fingerprint density at radius 3 is 2.55 bits per heavy atom. The summed E-state index contributed by atoms with van der Waals surface area (Å²) in [6.07, 6.45) is 4.91. The van der Waals surface area contributed by atoms with E-state index in [0.29, 0.717) is 6.54 Å². The predicted octanol–water partition coefficient (Wildman–Crippen LogP) is 3.99. The van der Waals surface area contributed by atoms with E-state index in [2.05, 4.69) is 30.2 Å². The van der Waals surface area contributed by atoms with Crippen molar-refractivity contribution in [3.63, 3.8) is 0 Å². The number of halogens is 1. The first kappa shape index (κ1) is 16.6. The van der Waals surface area contributed by atoms with Crippen molar-refractivity contribution in [2.45, 2.75) is 46.6 Å². The van der Waals surface area contributed by atoms with Crippen LogP contribution < -0.4 is 5.32 Å². The number of aryl methyl sites for hydroxylation is 3. The van der Waals surface area contributed by atoms with Crippen LogP contribution >= 0.6 is 0 Å². The quantitative estimate of drug-likeness (QED) is 0.782. The van der Waals surface area contributed by atoms with Crippen LogP contribution in [0, 0.1) is 12.7 Å². The Morgan fingerprint density at radius 1 is 1.05 bits per heavy atom. The van der Waals surface area contributed by atoms with Gasteiger partial charge in [-0.1, -0.05) is 26.0 Å². The van der Waals surface area contributed by atoms with E-state index in [1.54, 1.807) is 12.1 Å². The lowest BCUT2D eigenvalue weighted by atomic mass is 10.0. The Balaban J connectivity index is 1.90. The van der Waals surface area contributed by atoms with E-state index in [-0.39, 0.29) is 5.82 Å². The molecule has 0 unspecified atom stereocenters. The van der Waals surface area contributed by atoms with E-state index in [0.717, 1.165) is 36.9 Å². The monoisotopic (exact) mass is 300 g/mol. The highest BCUT2D eigenvalue weighted by molar-refractivity contribution is 5.26. The van der Waals surface area contributed by atoms with E-state index in [4.69, 9.17) is 0 Å². The number of hydrogen-bond acceptors (Lipinski definition) is 2. The molecule has 0 saturated heterocycles. The molecule has 2 aromatic rings. The molecule has 0 spiro atoms. The summed E-state index contributed by atoms with van der Waals surface area (Å²) in [5, 5.41) is 3.40. The highest BCUT2D eigenvalue weighted by atomic mass is 19.1. The van der Waals surface area contributed by atoms with Crippen molar-refractivity contribution in [1.82, 2.24) is 10.3 Å². The van der Waals surface area contributed by atoms with Gasteiger partial charge in [0.25, 0.3) is 0 Å². The Morgan fingerprint density at radius 2 is 1.86 bits per heavy atom. The van der Waals surface area contributed by atoms with Crippen molar-refractivity contribution in [3.05, 3.63) is 64.2 Å². The molecule has 22 heavy (non-hydrogen) atoms. The molecular weight excluding hydrogens is 275 g/mol. The number of hydrogen-bond donors (Lipinski definition) is 1. The van der Waals surface area contributed by atoms with Crippen molar-refractivity contribution >= 4 is 0 Å². The molecule has 0 aliphatic carbocycles. The predicted molar refractivity (Wildman–Crippen MR) is 89.5 cm³/mol. The molecule has 0 bridgehead atoms. The van der Waals surface area contributed by atoms with Crippen molar-refractivity contribution < 1.29 is 4.39 Å². The zero-order valence-corrected chi connectivity index (χ0v) is 13.7. The molecule has 1 N–H and O–H groups in total. The third kappa shape index (κ3) is 4.63. The maximum Gasteiger partial charge on any atom is 0.123 e. The largest absolute Gasteiger partial charge is 0.312 e. The molecule has 1 heterocycles. The number of nitrogens with one attached hydrogen (secondary N) is 1. The molecular formula is C19H25FN2. The zero-order chi connectivity index (χ0) is 15.9. The standard InChI is InChI=1S/C19H25FN2/c1-4-15-10-17(19(5-2)22-13-15)6-7-21-12-16-8-14(3)9-18(20)11-16/h8-11,13,21H,4-7,12H2,1-3H3. The third-order valence-corrected chi connectivity index (χ3v) is 3.86. The fourth-order valence-corrected chi connectivity index (χ4v) is 2.69. The molecule has 0 radical (unpaired) electrons. The van der Waals surface area contributed by atoms with Gasteiger partial charge < -0.3 is 5.32 Å². The van der Waals surface area contributed by atoms with Crippen molar-refractivity contribution in [2.75, 3.05) is 6.54 Å². The van der Waals surface area contributed by atoms with E-state index in [9.17, 15) is 4.39 Å². The summed E-state index contributed by atoms with van der Waals surface area (Å²) in [4.78, 5) is 4.55. The minimum Gasteiger partial charge on any atom is -0.312 e. The first-order valence-corrected chi connectivity index (χ1v) is 8.05. The minimum atomic E-state index is -0.162. The van der Waals surface area contributed by atoms with E-state index >= 15 is 0 Å². The number of rotatable bonds is 7. The number of benzene rings is 1. The molecule has 1 aromatic carbocycles. The van der Waals surface area contributed by atoms with Gasteiger partial charge in [-0.15, -0.1) is 0 Å². The normalized spacial score (nSPS) is 10.9. The summed E-state index contributed by atoms with van der Waals surface area (Å²) in [5.41, 5.74) is 5.75. The lowest BCUT2D eigenvalue weighted by molar-refractivity contribution is 0.618. The van der Waals surface area contributed by atoms with E-state index in [1.807, 2.05) is 19.2 Å². The smallest absolute Gasteiger partial charge is 0.123 e. The summed E-state index contributed by atoms with van der Waals surface area (Å²) in [5.74, 6) is -0.162. The van der Waals surface area contributed by atoms with Crippen molar-refractivity contribution in [1.29, 1.82) is 0 Å². The second-order valence-corrected chi connectivity index (χ2v) is 5.72. The average Bonchev–Trinajstić information content (AvgIpc) is 2.50. The van der Waals surface area contributed by atoms with Crippen LogP contribution in [0.3, 0.4) is 0 Å². The fraction of sp³-hybridized carbons (Fsp3) is 0.421. The Labute approximate surface area is 132 Å². The van der Waals surface area contributed by atoms with Crippen LogP contribution in [0.15, 0.2) is 30.5 Å². The summed E-state index contributed by atoms with van der Waals surface area (Å²) in [6.45, 7) is 7.78. The van der Waals surface area contributed by atoms with Gasteiger partial charge in [0.05, 0.1) is 0 Å². The molecule has 3 heteroatoms. The summed E-state index contributed by atoms with van der Waals surface area (Å²) < 4.78 is 13.3. The molecule has 118 valence electrons. The van der Waals surface area contributed by atoms with Crippen LogP contribution in [-0.4, -0.2) is 11.5 Å². The third-order valence-electron chi connectivity index (χ3n) is 3.86. The Hall–Kier alpha value is -1.74. The molecule has 0 fully saturated rings. The van der Waals surface area contributed by atoms with E-state index < -0.39 is 0 Å². The second kappa shape index (κ2) is 8.04. The van der Waals surface area contributed by atoms with Crippen LogP contribution in [0.2, 0.25) is 0 Å². The number of nitrogens with zero attached hydrogens (tertiary/aromatic N) is 1. The molecule has 1 aromatic heterocycles. The van der Waals surface area contributed by atoms with Gasteiger partial charge >= 0.3 is 0 Å².